The number of carbonyl (C=O) groups excluding carboxylic acids is 1. The molecule has 2 rings (SSSR count). The molecule has 25 heavy (non-hydrogen) atoms. The Hall–Kier alpha value is -1.86. The standard InChI is InChI=1S/C18H21NO4S2/c1-12(2)11-23-14-7-5-13(6-8-14)10-15-17(22)19(18(24)25-15)9-3-4-16(20)21/h5-8,10,12H,3-4,9,11H2,1-2H3,(H,20,21). The van der Waals surface area contributed by atoms with E-state index < -0.39 is 5.97 Å². The fourth-order valence-corrected chi connectivity index (χ4v) is 3.46. The fourth-order valence-electron chi connectivity index (χ4n) is 2.16. The molecule has 0 atom stereocenters. The lowest BCUT2D eigenvalue weighted by Crippen LogP contribution is -2.29. The van der Waals surface area contributed by atoms with E-state index in [1.54, 1.807) is 6.08 Å². The Morgan fingerprint density at radius 2 is 2.04 bits per heavy atom. The minimum absolute atomic E-state index is 0.0218. The maximum Gasteiger partial charge on any atom is 0.303 e. The van der Waals surface area contributed by atoms with Crippen LogP contribution >= 0.6 is 24.0 Å². The Morgan fingerprint density at radius 1 is 1.36 bits per heavy atom. The summed E-state index contributed by atoms with van der Waals surface area (Å²) in [5.41, 5.74) is 0.892. The fraction of sp³-hybridized carbons (Fsp3) is 0.389. The lowest BCUT2D eigenvalue weighted by atomic mass is 10.2. The van der Waals surface area contributed by atoms with Crippen molar-refractivity contribution in [2.24, 2.45) is 5.92 Å². The van der Waals surface area contributed by atoms with E-state index in [-0.39, 0.29) is 12.3 Å². The average Bonchev–Trinajstić information content (AvgIpc) is 2.81. The van der Waals surface area contributed by atoms with Gasteiger partial charge in [0.15, 0.2) is 0 Å². The van der Waals surface area contributed by atoms with Gasteiger partial charge in [0.05, 0.1) is 11.5 Å². The predicted octanol–water partition coefficient (Wildman–Crippen LogP) is 3.79. The van der Waals surface area contributed by atoms with Crippen molar-refractivity contribution >= 4 is 46.3 Å². The summed E-state index contributed by atoms with van der Waals surface area (Å²) in [4.78, 5) is 25.0. The van der Waals surface area contributed by atoms with Gasteiger partial charge >= 0.3 is 5.97 Å². The van der Waals surface area contributed by atoms with Gasteiger partial charge in [-0.2, -0.15) is 0 Å². The van der Waals surface area contributed by atoms with E-state index >= 15 is 0 Å². The number of carbonyl (C=O) groups is 2. The van der Waals surface area contributed by atoms with E-state index in [0.29, 0.717) is 34.7 Å². The summed E-state index contributed by atoms with van der Waals surface area (Å²) in [5.74, 6) is 0.218. The van der Waals surface area contributed by atoms with Crippen molar-refractivity contribution in [2.75, 3.05) is 13.2 Å². The first kappa shape index (κ1) is 19.5. The van der Waals surface area contributed by atoms with Crippen LogP contribution in [0.25, 0.3) is 6.08 Å². The number of ether oxygens (including phenoxy) is 1. The minimum atomic E-state index is -0.874. The third kappa shape index (κ3) is 5.86. The summed E-state index contributed by atoms with van der Waals surface area (Å²) in [5, 5.41) is 8.69. The number of nitrogens with zero attached hydrogens (tertiary/aromatic N) is 1. The molecule has 1 amide bonds. The van der Waals surface area contributed by atoms with Crippen molar-refractivity contribution in [1.29, 1.82) is 0 Å². The van der Waals surface area contributed by atoms with Gasteiger partial charge in [0.2, 0.25) is 0 Å². The van der Waals surface area contributed by atoms with E-state index in [1.165, 1.54) is 16.7 Å². The molecule has 0 spiro atoms. The number of hydrogen-bond donors (Lipinski definition) is 1. The molecule has 5 nitrogen and oxygen atoms in total. The maximum atomic E-state index is 12.4. The molecule has 1 N–H and O–H groups in total. The molecule has 0 aliphatic carbocycles. The van der Waals surface area contributed by atoms with Gasteiger partial charge in [-0.3, -0.25) is 14.5 Å². The quantitative estimate of drug-likeness (QED) is 0.548. The summed E-state index contributed by atoms with van der Waals surface area (Å²) in [7, 11) is 0. The van der Waals surface area contributed by atoms with Gasteiger partial charge in [0.25, 0.3) is 5.91 Å². The van der Waals surface area contributed by atoms with E-state index in [2.05, 4.69) is 13.8 Å². The molecule has 1 aromatic carbocycles. The topological polar surface area (TPSA) is 66.8 Å². The minimum Gasteiger partial charge on any atom is -0.493 e. The molecule has 0 aromatic heterocycles. The molecule has 1 fully saturated rings. The van der Waals surface area contributed by atoms with E-state index in [9.17, 15) is 9.59 Å². The van der Waals surface area contributed by atoms with E-state index in [4.69, 9.17) is 22.1 Å². The molecule has 0 saturated carbocycles. The number of hydrogen-bond acceptors (Lipinski definition) is 5. The molecule has 7 heteroatoms. The van der Waals surface area contributed by atoms with Crippen LogP contribution in [-0.2, 0) is 9.59 Å². The lowest BCUT2D eigenvalue weighted by molar-refractivity contribution is -0.137. The van der Waals surface area contributed by atoms with Crippen LogP contribution in [0.5, 0.6) is 5.75 Å². The van der Waals surface area contributed by atoms with E-state index in [1.807, 2.05) is 24.3 Å². The second-order valence-electron chi connectivity index (χ2n) is 6.10. The molecular weight excluding hydrogens is 358 g/mol. The zero-order chi connectivity index (χ0) is 18.4. The second kappa shape index (κ2) is 9.01. The number of aliphatic carboxylic acids is 1. The Balaban J connectivity index is 1.99. The highest BCUT2D eigenvalue weighted by atomic mass is 32.2. The normalized spacial score (nSPS) is 16.1. The molecular formula is C18H21NO4S2. The highest BCUT2D eigenvalue weighted by Crippen LogP contribution is 2.32. The number of benzene rings is 1. The Labute approximate surface area is 157 Å². The molecule has 0 unspecified atom stereocenters. The first-order valence-corrected chi connectivity index (χ1v) is 9.29. The monoisotopic (exact) mass is 379 g/mol. The van der Waals surface area contributed by atoms with Gasteiger partial charge in [-0.05, 0) is 36.1 Å². The average molecular weight is 380 g/mol. The smallest absolute Gasteiger partial charge is 0.303 e. The van der Waals surface area contributed by atoms with E-state index in [0.717, 1.165) is 11.3 Å². The first-order chi connectivity index (χ1) is 11.9. The SMILES string of the molecule is CC(C)COc1ccc(C=C2SC(=S)N(CCCC(=O)O)C2=O)cc1. The van der Waals surface area contributed by atoms with Crippen LogP contribution < -0.4 is 4.74 Å². The van der Waals surface area contributed by atoms with Crippen molar-refractivity contribution in [2.45, 2.75) is 26.7 Å². The van der Waals surface area contributed by atoms with Crippen LogP contribution in [0, 0.1) is 5.92 Å². The van der Waals surface area contributed by atoms with Crippen molar-refractivity contribution < 1.29 is 19.4 Å². The maximum absolute atomic E-state index is 12.4. The van der Waals surface area contributed by atoms with Crippen LogP contribution in [-0.4, -0.2) is 39.4 Å². The summed E-state index contributed by atoms with van der Waals surface area (Å²) in [6.45, 7) is 5.17. The van der Waals surface area contributed by atoms with Crippen LogP contribution in [0.4, 0.5) is 0 Å². The summed E-state index contributed by atoms with van der Waals surface area (Å²) < 4.78 is 6.11. The molecule has 1 saturated heterocycles. The van der Waals surface area contributed by atoms with Gasteiger partial charge < -0.3 is 9.84 Å². The van der Waals surface area contributed by atoms with Gasteiger partial charge in [0, 0.05) is 13.0 Å². The highest BCUT2D eigenvalue weighted by Gasteiger charge is 2.31. The largest absolute Gasteiger partial charge is 0.493 e. The second-order valence-corrected chi connectivity index (χ2v) is 7.78. The van der Waals surface area contributed by atoms with Crippen molar-refractivity contribution in [3.63, 3.8) is 0 Å². The third-order valence-corrected chi connectivity index (χ3v) is 4.78. The Kier molecular flexibility index (Phi) is 7.01. The molecule has 1 aromatic rings. The zero-order valence-corrected chi connectivity index (χ0v) is 15.9. The lowest BCUT2D eigenvalue weighted by Gasteiger charge is -2.13. The molecule has 1 heterocycles. The number of carboxylic acid groups (broad SMARTS) is 1. The summed E-state index contributed by atoms with van der Waals surface area (Å²) >= 11 is 6.47. The number of rotatable bonds is 8. The van der Waals surface area contributed by atoms with Gasteiger partial charge in [0.1, 0.15) is 10.1 Å². The third-order valence-electron chi connectivity index (χ3n) is 3.41. The van der Waals surface area contributed by atoms with Crippen LogP contribution in [0.1, 0.15) is 32.3 Å². The molecule has 0 bridgehead atoms. The number of thiocarbonyl (C=S) groups is 1. The Morgan fingerprint density at radius 3 is 2.64 bits per heavy atom. The van der Waals surface area contributed by atoms with Crippen LogP contribution in [0.15, 0.2) is 29.2 Å². The van der Waals surface area contributed by atoms with Crippen molar-refractivity contribution in [3.05, 3.63) is 34.7 Å². The number of amides is 1. The van der Waals surface area contributed by atoms with Gasteiger partial charge in [-0.1, -0.05) is 50.0 Å². The molecule has 134 valence electrons. The first-order valence-electron chi connectivity index (χ1n) is 8.07. The van der Waals surface area contributed by atoms with Crippen molar-refractivity contribution in [3.8, 4) is 5.75 Å². The van der Waals surface area contributed by atoms with Gasteiger partial charge in [-0.25, -0.2) is 0 Å². The number of carboxylic acids is 1. The number of thioether (sulfide) groups is 1. The van der Waals surface area contributed by atoms with Gasteiger partial charge in [-0.15, -0.1) is 0 Å². The molecule has 0 radical (unpaired) electrons. The van der Waals surface area contributed by atoms with Crippen LogP contribution in [0.3, 0.4) is 0 Å². The molecule has 1 aliphatic rings. The molecule has 1 aliphatic heterocycles. The predicted molar refractivity (Wildman–Crippen MR) is 104 cm³/mol. The Bertz CT molecular complexity index is 683. The summed E-state index contributed by atoms with van der Waals surface area (Å²) in [6, 6.07) is 7.54. The zero-order valence-electron chi connectivity index (χ0n) is 14.2. The summed E-state index contributed by atoms with van der Waals surface area (Å²) in [6.07, 6.45) is 2.20. The highest BCUT2D eigenvalue weighted by molar-refractivity contribution is 8.26. The van der Waals surface area contributed by atoms with Crippen LogP contribution in [0.2, 0.25) is 0 Å². The van der Waals surface area contributed by atoms with Crippen molar-refractivity contribution in [1.82, 2.24) is 4.90 Å².